The Hall–Kier alpha value is -3.19. The van der Waals surface area contributed by atoms with Crippen molar-refractivity contribution in [3.63, 3.8) is 0 Å². The average molecular weight is 418 g/mol. The van der Waals surface area contributed by atoms with E-state index in [0.717, 1.165) is 6.07 Å². The summed E-state index contributed by atoms with van der Waals surface area (Å²) >= 11 is 5.90. The number of rotatable bonds is 5. The van der Waals surface area contributed by atoms with Crippen LogP contribution in [0.25, 0.3) is 0 Å². The molecule has 150 valence electrons. The molecule has 2 N–H and O–H groups in total. The van der Waals surface area contributed by atoms with Crippen LogP contribution in [0.1, 0.15) is 21.6 Å². The van der Waals surface area contributed by atoms with Gasteiger partial charge in [0.05, 0.1) is 34.8 Å². The number of anilines is 3. The van der Waals surface area contributed by atoms with Gasteiger partial charge >= 0.3 is 0 Å². The first-order valence-electron chi connectivity index (χ1n) is 8.63. The Bertz CT molecular complexity index is 1090. The number of hydrogen-bond donors (Lipinski definition) is 2. The third kappa shape index (κ3) is 4.63. The van der Waals surface area contributed by atoms with Crippen molar-refractivity contribution >= 4 is 34.6 Å². The molecule has 8 heteroatoms. The molecule has 0 aliphatic rings. The number of amides is 1. The van der Waals surface area contributed by atoms with Crippen LogP contribution < -0.4 is 15.4 Å². The molecule has 1 amide bonds. The van der Waals surface area contributed by atoms with E-state index in [4.69, 9.17) is 16.3 Å². The summed E-state index contributed by atoms with van der Waals surface area (Å²) in [6.45, 7) is 3.42. The highest BCUT2D eigenvalue weighted by Gasteiger charge is 2.17. The number of ether oxygens (including phenoxy) is 1. The van der Waals surface area contributed by atoms with Crippen LogP contribution >= 0.6 is 11.6 Å². The van der Waals surface area contributed by atoms with E-state index in [-0.39, 0.29) is 16.3 Å². The fourth-order valence-corrected chi connectivity index (χ4v) is 2.89. The van der Waals surface area contributed by atoms with Crippen molar-refractivity contribution in [2.45, 2.75) is 13.8 Å². The highest BCUT2D eigenvalue weighted by atomic mass is 35.5. The van der Waals surface area contributed by atoms with Crippen molar-refractivity contribution in [2.75, 3.05) is 17.7 Å². The van der Waals surface area contributed by atoms with Crippen LogP contribution in [0, 0.1) is 25.5 Å². The molecule has 3 rings (SSSR count). The second-order valence-corrected chi connectivity index (χ2v) is 6.74. The number of methoxy groups -OCH3 is 1. The van der Waals surface area contributed by atoms with Gasteiger partial charge in [-0.3, -0.25) is 4.79 Å². The smallest absolute Gasteiger partial charge is 0.257 e. The average Bonchev–Trinajstić information content (AvgIpc) is 2.68. The highest BCUT2D eigenvalue weighted by Crippen LogP contribution is 2.30. The molecule has 1 aromatic heterocycles. The SMILES string of the molecule is COc1ccc(NC(=O)c2cc(Cl)c(F)cc2Nc2ccc(F)cc2C)c(C)n1. The number of carbonyl (C=O) groups excluding carboxylic acids is 1. The summed E-state index contributed by atoms with van der Waals surface area (Å²) in [7, 11) is 1.50. The summed E-state index contributed by atoms with van der Waals surface area (Å²) in [6, 6.07) is 9.74. The Balaban J connectivity index is 1.95. The lowest BCUT2D eigenvalue weighted by Gasteiger charge is -2.15. The molecule has 1 heterocycles. The molecular weight excluding hydrogens is 400 g/mol. The van der Waals surface area contributed by atoms with Gasteiger partial charge in [-0.15, -0.1) is 0 Å². The largest absolute Gasteiger partial charge is 0.481 e. The summed E-state index contributed by atoms with van der Waals surface area (Å²) in [4.78, 5) is 17.1. The van der Waals surface area contributed by atoms with Gasteiger partial charge in [0.1, 0.15) is 11.6 Å². The maximum Gasteiger partial charge on any atom is 0.257 e. The Morgan fingerprint density at radius 3 is 2.41 bits per heavy atom. The van der Waals surface area contributed by atoms with Gasteiger partial charge in [0, 0.05) is 11.8 Å². The summed E-state index contributed by atoms with van der Waals surface area (Å²) in [6.07, 6.45) is 0. The number of benzene rings is 2. The molecule has 0 spiro atoms. The first-order chi connectivity index (χ1) is 13.8. The van der Waals surface area contributed by atoms with E-state index in [0.29, 0.717) is 28.5 Å². The van der Waals surface area contributed by atoms with Gasteiger partial charge in [0.2, 0.25) is 5.88 Å². The van der Waals surface area contributed by atoms with Crippen molar-refractivity contribution in [1.82, 2.24) is 4.98 Å². The number of nitrogens with zero attached hydrogens (tertiary/aromatic N) is 1. The molecule has 29 heavy (non-hydrogen) atoms. The molecule has 0 saturated heterocycles. The van der Waals surface area contributed by atoms with Gasteiger partial charge < -0.3 is 15.4 Å². The highest BCUT2D eigenvalue weighted by molar-refractivity contribution is 6.31. The van der Waals surface area contributed by atoms with Crippen LogP contribution in [0.2, 0.25) is 5.02 Å². The van der Waals surface area contributed by atoms with Crippen molar-refractivity contribution in [3.8, 4) is 5.88 Å². The van der Waals surface area contributed by atoms with Crippen LogP contribution in [0.15, 0.2) is 42.5 Å². The second-order valence-electron chi connectivity index (χ2n) is 6.34. The van der Waals surface area contributed by atoms with E-state index >= 15 is 0 Å². The quantitative estimate of drug-likeness (QED) is 0.564. The molecule has 0 atom stereocenters. The molecule has 0 unspecified atom stereocenters. The number of carbonyl (C=O) groups is 1. The van der Waals surface area contributed by atoms with Crippen molar-refractivity contribution in [2.24, 2.45) is 0 Å². The summed E-state index contributed by atoms with van der Waals surface area (Å²) < 4.78 is 32.5. The number of nitrogens with one attached hydrogen (secondary N) is 2. The van der Waals surface area contributed by atoms with E-state index < -0.39 is 17.5 Å². The van der Waals surface area contributed by atoms with Crippen molar-refractivity contribution < 1.29 is 18.3 Å². The molecular formula is C21H18ClF2N3O2. The van der Waals surface area contributed by atoms with Gasteiger partial charge in [-0.1, -0.05) is 11.6 Å². The first-order valence-corrected chi connectivity index (χ1v) is 9.01. The minimum atomic E-state index is -0.687. The molecule has 0 aliphatic carbocycles. The van der Waals surface area contributed by atoms with Gasteiger partial charge in [-0.2, -0.15) is 0 Å². The lowest BCUT2D eigenvalue weighted by Crippen LogP contribution is -2.15. The molecule has 3 aromatic rings. The van der Waals surface area contributed by atoms with Crippen LogP contribution in [0.4, 0.5) is 25.8 Å². The van der Waals surface area contributed by atoms with Crippen LogP contribution in [0.5, 0.6) is 5.88 Å². The lowest BCUT2D eigenvalue weighted by molar-refractivity contribution is 0.102. The van der Waals surface area contributed by atoms with Crippen molar-refractivity contribution in [1.29, 1.82) is 0 Å². The molecule has 0 saturated carbocycles. The zero-order chi connectivity index (χ0) is 21.1. The predicted octanol–water partition coefficient (Wildman–Crippen LogP) is 5.63. The number of hydrogen-bond acceptors (Lipinski definition) is 4. The molecule has 0 aliphatic heterocycles. The number of aromatic nitrogens is 1. The number of aryl methyl sites for hydroxylation is 2. The second kappa shape index (κ2) is 8.45. The monoisotopic (exact) mass is 417 g/mol. The minimum Gasteiger partial charge on any atom is -0.481 e. The van der Waals surface area contributed by atoms with Gasteiger partial charge in [0.25, 0.3) is 5.91 Å². The molecule has 5 nitrogen and oxygen atoms in total. The molecule has 0 radical (unpaired) electrons. The van der Waals surface area contributed by atoms with Gasteiger partial charge in [0.15, 0.2) is 0 Å². The maximum absolute atomic E-state index is 14.1. The van der Waals surface area contributed by atoms with Gasteiger partial charge in [-0.05, 0) is 55.8 Å². The third-order valence-corrected chi connectivity index (χ3v) is 4.57. The van der Waals surface area contributed by atoms with E-state index in [1.807, 2.05) is 0 Å². The topological polar surface area (TPSA) is 63.2 Å². The molecule has 2 aromatic carbocycles. The van der Waals surface area contributed by atoms with Gasteiger partial charge in [-0.25, -0.2) is 13.8 Å². The zero-order valence-electron chi connectivity index (χ0n) is 15.9. The zero-order valence-corrected chi connectivity index (χ0v) is 16.7. The third-order valence-electron chi connectivity index (χ3n) is 4.28. The minimum absolute atomic E-state index is 0.121. The number of pyridine rings is 1. The fraction of sp³-hybridized carbons (Fsp3) is 0.143. The standard InChI is InChI=1S/C21H18ClF2N3O2/c1-11-8-13(23)4-5-17(11)26-19-10-16(24)15(22)9-14(19)21(28)27-18-6-7-20(29-3)25-12(18)2/h4-10,26H,1-3H3,(H,27,28). The molecule has 0 fully saturated rings. The Morgan fingerprint density at radius 2 is 1.76 bits per heavy atom. The number of halogens is 3. The summed E-state index contributed by atoms with van der Waals surface area (Å²) in [5.74, 6) is -1.17. The van der Waals surface area contributed by atoms with Crippen LogP contribution in [0.3, 0.4) is 0 Å². The Kier molecular flexibility index (Phi) is 5.98. The normalized spacial score (nSPS) is 10.6. The Labute approximate surface area is 171 Å². The van der Waals surface area contributed by atoms with E-state index in [2.05, 4.69) is 15.6 Å². The maximum atomic E-state index is 14.1. The summed E-state index contributed by atoms with van der Waals surface area (Å²) in [5, 5.41) is 5.52. The van der Waals surface area contributed by atoms with Crippen LogP contribution in [-0.4, -0.2) is 18.0 Å². The van der Waals surface area contributed by atoms with E-state index in [1.165, 1.54) is 31.4 Å². The van der Waals surface area contributed by atoms with Crippen molar-refractivity contribution in [3.05, 3.63) is 75.9 Å². The Morgan fingerprint density at radius 1 is 1.03 bits per heavy atom. The fourth-order valence-electron chi connectivity index (χ4n) is 2.72. The molecule has 0 bridgehead atoms. The first kappa shape index (κ1) is 20.5. The van der Waals surface area contributed by atoms with E-state index in [1.54, 1.807) is 26.0 Å². The van der Waals surface area contributed by atoms with Crippen LogP contribution in [-0.2, 0) is 0 Å². The van der Waals surface area contributed by atoms with E-state index in [9.17, 15) is 13.6 Å². The lowest BCUT2D eigenvalue weighted by atomic mass is 10.1. The predicted molar refractivity (Wildman–Crippen MR) is 109 cm³/mol. The summed E-state index contributed by atoms with van der Waals surface area (Å²) in [5.41, 5.74) is 2.47.